The van der Waals surface area contributed by atoms with Gasteiger partial charge in [-0.25, -0.2) is 8.42 Å². The molecule has 0 radical (unpaired) electrons. The lowest BCUT2D eigenvalue weighted by Gasteiger charge is -2.14. The molecule has 0 saturated heterocycles. The van der Waals surface area contributed by atoms with Crippen molar-refractivity contribution in [3.8, 4) is 0 Å². The second-order valence-corrected chi connectivity index (χ2v) is 7.65. The van der Waals surface area contributed by atoms with Crippen molar-refractivity contribution in [3.63, 3.8) is 0 Å². The van der Waals surface area contributed by atoms with Gasteiger partial charge in [-0.05, 0) is 53.9 Å². The minimum atomic E-state index is -3.21. The van der Waals surface area contributed by atoms with Crippen LogP contribution < -0.4 is 10.0 Å². The number of hydrogen-bond donors (Lipinski definition) is 2. The number of sulfonamides is 1. The topological polar surface area (TPSA) is 58.2 Å². The number of rotatable bonds is 7. The van der Waals surface area contributed by atoms with E-state index in [4.69, 9.17) is 0 Å². The molecule has 2 aromatic rings. The molecule has 1 aromatic carbocycles. The molecule has 0 amide bonds. The Labute approximate surface area is 130 Å². The van der Waals surface area contributed by atoms with Crippen LogP contribution in [-0.4, -0.2) is 14.2 Å². The molecule has 2 rings (SSSR count). The second kappa shape index (κ2) is 7.06. The highest BCUT2D eigenvalue weighted by molar-refractivity contribution is 7.92. The predicted octanol–water partition coefficient (Wildman–Crippen LogP) is 3.36. The van der Waals surface area contributed by atoms with Gasteiger partial charge in [0.25, 0.3) is 0 Å². The molecule has 0 saturated carbocycles. The zero-order valence-electron chi connectivity index (χ0n) is 12.2. The van der Waals surface area contributed by atoms with E-state index in [1.807, 2.05) is 12.1 Å². The monoisotopic (exact) mass is 324 g/mol. The molecule has 1 heterocycles. The molecule has 114 valence electrons. The lowest BCUT2D eigenvalue weighted by Crippen LogP contribution is -2.18. The maximum Gasteiger partial charge on any atom is 0.232 e. The minimum absolute atomic E-state index is 0.0767. The Hall–Kier alpha value is -1.37. The van der Waals surface area contributed by atoms with Crippen molar-refractivity contribution in [2.45, 2.75) is 26.4 Å². The highest BCUT2D eigenvalue weighted by Crippen LogP contribution is 2.18. The highest BCUT2D eigenvalue weighted by Gasteiger charge is 2.08. The van der Waals surface area contributed by atoms with E-state index in [9.17, 15) is 8.42 Å². The van der Waals surface area contributed by atoms with Crippen LogP contribution in [0.15, 0.2) is 41.1 Å². The molecule has 0 aliphatic carbocycles. The van der Waals surface area contributed by atoms with Crippen LogP contribution in [0, 0.1) is 0 Å². The van der Waals surface area contributed by atoms with Gasteiger partial charge in [0.05, 0.1) is 5.75 Å². The van der Waals surface area contributed by atoms with Gasteiger partial charge in [-0.3, -0.25) is 4.72 Å². The largest absolute Gasteiger partial charge is 0.306 e. The Balaban J connectivity index is 1.95. The molecule has 2 N–H and O–H groups in total. The molecule has 0 aliphatic rings. The molecule has 6 heteroatoms. The van der Waals surface area contributed by atoms with Crippen molar-refractivity contribution in [2.75, 3.05) is 10.5 Å². The van der Waals surface area contributed by atoms with Crippen LogP contribution in [0.1, 0.15) is 31.0 Å². The van der Waals surface area contributed by atoms with E-state index in [1.54, 1.807) is 30.4 Å². The fourth-order valence-corrected chi connectivity index (χ4v) is 3.18. The van der Waals surface area contributed by atoms with Gasteiger partial charge in [-0.1, -0.05) is 12.1 Å². The Kier molecular flexibility index (Phi) is 5.39. The first-order valence-electron chi connectivity index (χ1n) is 6.85. The van der Waals surface area contributed by atoms with Gasteiger partial charge >= 0.3 is 0 Å². The Morgan fingerprint density at radius 2 is 1.90 bits per heavy atom. The number of thiophene rings is 1. The standard InChI is InChI=1S/C15H20N2O2S2/c1-3-21(18,19)17-15-6-4-14(5-7-15)12(2)16-10-13-8-9-20-11-13/h4-9,11-12,16-17H,3,10H2,1-2H3/t12-/m0/s1. The summed E-state index contributed by atoms with van der Waals surface area (Å²) in [5.74, 6) is 0.0767. The van der Waals surface area contributed by atoms with Crippen LogP contribution in [-0.2, 0) is 16.6 Å². The number of nitrogens with one attached hydrogen (secondary N) is 2. The third-order valence-corrected chi connectivity index (χ3v) is 5.30. The maximum atomic E-state index is 11.5. The third-order valence-electron chi connectivity index (χ3n) is 3.26. The van der Waals surface area contributed by atoms with Crippen LogP contribution in [0.5, 0.6) is 0 Å². The normalized spacial score (nSPS) is 13.0. The maximum absolute atomic E-state index is 11.5. The van der Waals surface area contributed by atoms with Crippen LogP contribution in [0.25, 0.3) is 0 Å². The summed E-state index contributed by atoms with van der Waals surface area (Å²) in [7, 11) is -3.21. The van der Waals surface area contributed by atoms with Crippen LogP contribution in [0.3, 0.4) is 0 Å². The van der Waals surface area contributed by atoms with E-state index in [2.05, 4.69) is 33.8 Å². The summed E-state index contributed by atoms with van der Waals surface area (Å²) >= 11 is 1.69. The Morgan fingerprint density at radius 1 is 1.19 bits per heavy atom. The molecule has 0 bridgehead atoms. The molecule has 0 aliphatic heterocycles. The van der Waals surface area contributed by atoms with Gasteiger partial charge in [-0.2, -0.15) is 11.3 Å². The van der Waals surface area contributed by atoms with E-state index < -0.39 is 10.0 Å². The van der Waals surface area contributed by atoms with Gasteiger partial charge in [0, 0.05) is 18.3 Å². The highest BCUT2D eigenvalue weighted by atomic mass is 32.2. The van der Waals surface area contributed by atoms with Gasteiger partial charge < -0.3 is 5.32 Å². The number of anilines is 1. The lowest BCUT2D eigenvalue weighted by atomic mass is 10.1. The van der Waals surface area contributed by atoms with E-state index in [-0.39, 0.29) is 11.8 Å². The van der Waals surface area contributed by atoms with Crippen molar-refractivity contribution in [1.82, 2.24) is 5.32 Å². The zero-order valence-corrected chi connectivity index (χ0v) is 13.8. The van der Waals surface area contributed by atoms with Gasteiger partial charge in [0.15, 0.2) is 0 Å². The molecular weight excluding hydrogens is 304 g/mol. The SMILES string of the molecule is CCS(=O)(=O)Nc1ccc([C@H](C)NCc2ccsc2)cc1. The first-order chi connectivity index (χ1) is 10.00. The average molecular weight is 324 g/mol. The van der Waals surface area contributed by atoms with E-state index in [0.717, 1.165) is 12.1 Å². The van der Waals surface area contributed by atoms with Gasteiger partial charge in [-0.15, -0.1) is 0 Å². The second-order valence-electron chi connectivity index (χ2n) is 4.86. The molecule has 1 atom stereocenters. The van der Waals surface area contributed by atoms with E-state index in [1.165, 1.54) is 5.56 Å². The molecule has 0 unspecified atom stereocenters. The summed E-state index contributed by atoms with van der Waals surface area (Å²) in [6.45, 7) is 4.54. The van der Waals surface area contributed by atoms with Gasteiger partial charge in [0.2, 0.25) is 10.0 Å². The molecule has 21 heavy (non-hydrogen) atoms. The summed E-state index contributed by atoms with van der Waals surface area (Å²) in [6, 6.07) is 9.79. The van der Waals surface area contributed by atoms with Crippen molar-refractivity contribution in [1.29, 1.82) is 0 Å². The van der Waals surface area contributed by atoms with E-state index in [0.29, 0.717) is 5.69 Å². The molecular formula is C15H20N2O2S2. The Bertz CT molecular complexity index is 649. The van der Waals surface area contributed by atoms with Crippen molar-refractivity contribution in [3.05, 3.63) is 52.2 Å². The van der Waals surface area contributed by atoms with Crippen LogP contribution in [0.4, 0.5) is 5.69 Å². The summed E-state index contributed by atoms with van der Waals surface area (Å²) in [4.78, 5) is 0. The van der Waals surface area contributed by atoms with Crippen molar-refractivity contribution in [2.24, 2.45) is 0 Å². The number of hydrogen-bond acceptors (Lipinski definition) is 4. The predicted molar refractivity (Wildman–Crippen MR) is 89.1 cm³/mol. The molecule has 4 nitrogen and oxygen atoms in total. The minimum Gasteiger partial charge on any atom is -0.306 e. The summed E-state index contributed by atoms with van der Waals surface area (Å²) < 4.78 is 25.5. The van der Waals surface area contributed by atoms with Crippen LogP contribution in [0.2, 0.25) is 0 Å². The fraction of sp³-hybridized carbons (Fsp3) is 0.333. The number of benzene rings is 1. The zero-order chi connectivity index (χ0) is 15.3. The quantitative estimate of drug-likeness (QED) is 0.821. The molecule has 1 aromatic heterocycles. The van der Waals surface area contributed by atoms with Crippen molar-refractivity contribution >= 4 is 27.0 Å². The smallest absolute Gasteiger partial charge is 0.232 e. The summed E-state index contributed by atoms with van der Waals surface area (Å²) in [5, 5.41) is 7.64. The summed E-state index contributed by atoms with van der Waals surface area (Å²) in [5.41, 5.74) is 3.01. The van der Waals surface area contributed by atoms with Crippen molar-refractivity contribution < 1.29 is 8.42 Å². The molecule has 0 fully saturated rings. The first-order valence-corrected chi connectivity index (χ1v) is 9.44. The van der Waals surface area contributed by atoms with Crippen LogP contribution >= 0.6 is 11.3 Å². The first kappa shape index (κ1) is 16.0. The average Bonchev–Trinajstić information content (AvgIpc) is 2.98. The lowest BCUT2D eigenvalue weighted by molar-refractivity contribution is 0.575. The fourth-order valence-electron chi connectivity index (χ4n) is 1.87. The summed E-state index contributed by atoms with van der Waals surface area (Å²) in [6.07, 6.45) is 0. The molecule has 0 spiro atoms. The van der Waals surface area contributed by atoms with E-state index >= 15 is 0 Å². The third kappa shape index (κ3) is 4.84. The Morgan fingerprint density at radius 3 is 2.48 bits per heavy atom. The van der Waals surface area contributed by atoms with Gasteiger partial charge in [0.1, 0.15) is 0 Å².